The van der Waals surface area contributed by atoms with Gasteiger partial charge in [0.05, 0.1) is 6.10 Å². The van der Waals surface area contributed by atoms with Crippen LogP contribution in [0, 0.1) is 11.8 Å². The molecule has 3 nitrogen and oxygen atoms in total. The van der Waals surface area contributed by atoms with Crippen LogP contribution in [0.25, 0.3) is 0 Å². The topological polar surface area (TPSA) is 24.5 Å². The first-order valence-electron chi connectivity index (χ1n) is 8.23. The highest BCUT2D eigenvalue weighted by Gasteiger charge is 2.24. The molecular formula is C16H32N2O. The normalized spacial score (nSPS) is 28.1. The molecule has 112 valence electrons. The Morgan fingerprint density at radius 1 is 1.16 bits per heavy atom. The summed E-state index contributed by atoms with van der Waals surface area (Å²) in [6, 6.07) is 0.662. The van der Waals surface area contributed by atoms with Crippen molar-refractivity contribution in [3.05, 3.63) is 0 Å². The van der Waals surface area contributed by atoms with Gasteiger partial charge in [0.25, 0.3) is 0 Å². The minimum atomic E-state index is 0.471. The predicted molar refractivity (Wildman–Crippen MR) is 80.4 cm³/mol. The lowest BCUT2D eigenvalue weighted by atomic mass is 9.86. The fourth-order valence-electron chi connectivity index (χ4n) is 3.41. The van der Waals surface area contributed by atoms with Crippen LogP contribution in [0.5, 0.6) is 0 Å². The van der Waals surface area contributed by atoms with E-state index in [1.807, 2.05) is 0 Å². The lowest BCUT2D eigenvalue weighted by Gasteiger charge is -2.37. The molecule has 0 bridgehead atoms. The summed E-state index contributed by atoms with van der Waals surface area (Å²) in [6.07, 6.45) is 5.71. The molecule has 2 atom stereocenters. The first kappa shape index (κ1) is 15.3. The number of piperidine rings is 1. The molecule has 0 aromatic carbocycles. The number of ether oxygens (including phenoxy) is 1. The van der Waals surface area contributed by atoms with Crippen molar-refractivity contribution in [3.8, 4) is 0 Å². The molecule has 2 aliphatic rings. The summed E-state index contributed by atoms with van der Waals surface area (Å²) in [7, 11) is 0. The minimum Gasteiger partial charge on any atom is -0.377 e. The van der Waals surface area contributed by atoms with Crippen LogP contribution in [-0.4, -0.2) is 49.8 Å². The number of nitrogens with zero attached hydrogens (tertiary/aromatic N) is 1. The Bertz CT molecular complexity index is 243. The molecule has 3 heteroatoms. The molecule has 2 rings (SSSR count). The summed E-state index contributed by atoms with van der Waals surface area (Å²) in [5, 5.41) is 3.59. The second-order valence-corrected chi connectivity index (χ2v) is 6.76. The summed E-state index contributed by atoms with van der Waals surface area (Å²) in [5.41, 5.74) is 0. The SMILES string of the molecule is CC(C)C1CCN(C(C)CNCC2CCCO2)CC1. The quantitative estimate of drug-likeness (QED) is 0.801. The van der Waals surface area contributed by atoms with Crippen molar-refractivity contribution in [1.29, 1.82) is 0 Å². The van der Waals surface area contributed by atoms with Crippen LogP contribution >= 0.6 is 0 Å². The molecule has 2 unspecified atom stereocenters. The van der Waals surface area contributed by atoms with Crippen molar-refractivity contribution in [1.82, 2.24) is 10.2 Å². The van der Waals surface area contributed by atoms with Crippen molar-refractivity contribution in [2.24, 2.45) is 11.8 Å². The summed E-state index contributed by atoms with van der Waals surface area (Å²) in [5.74, 6) is 1.80. The van der Waals surface area contributed by atoms with Crippen molar-refractivity contribution >= 4 is 0 Å². The van der Waals surface area contributed by atoms with Gasteiger partial charge in [0.15, 0.2) is 0 Å². The van der Waals surface area contributed by atoms with Crippen molar-refractivity contribution in [2.45, 2.75) is 58.6 Å². The van der Waals surface area contributed by atoms with Gasteiger partial charge in [0.2, 0.25) is 0 Å². The monoisotopic (exact) mass is 268 g/mol. The zero-order valence-corrected chi connectivity index (χ0v) is 13.0. The average molecular weight is 268 g/mol. The van der Waals surface area contributed by atoms with Gasteiger partial charge in [-0.1, -0.05) is 13.8 Å². The average Bonchev–Trinajstić information content (AvgIpc) is 2.92. The summed E-state index contributed by atoms with van der Waals surface area (Å²) in [6.45, 7) is 12.8. The minimum absolute atomic E-state index is 0.471. The Hall–Kier alpha value is -0.120. The maximum atomic E-state index is 5.64. The van der Waals surface area contributed by atoms with Crippen LogP contribution in [0.3, 0.4) is 0 Å². The fraction of sp³-hybridized carbons (Fsp3) is 1.00. The van der Waals surface area contributed by atoms with Gasteiger partial charge in [-0.25, -0.2) is 0 Å². The number of rotatable bonds is 6. The van der Waals surface area contributed by atoms with Gasteiger partial charge in [-0.05, 0) is 57.5 Å². The molecular weight excluding hydrogens is 236 g/mol. The van der Waals surface area contributed by atoms with E-state index in [2.05, 4.69) is 31.0 Å². The van der Waals surface area contributed by atoms with Gasteiger partial charge in [0, 0.05) is 25.7 Å². The maximum absolute atomic E-state index is 5.64. The molecule has 2 fully saturated rings. The van der Waals surface area contributed by atoms with E-state index in [-0.39, 0.29) is 0 Å². The van der Waals surface area contributed by atoms with E-state index in [4.69, 9.17) is 4.74 Å². The Morgan fingerprint density at radius 2 is 1.89 bits per heavy atom. The fourth-order valence-corrected chi connectivity index (χ4v) is 3.41. The second kappa shape index (κ2) is 7.61. The van der Waals surface area contributed by atoms with Crippen LogP contribution in [0.1, 0.15) is 46.5 Å². The van der Waals surface area contributed by atoms with E-state index >= 15 is 0 Å². The van der Waals surface area contributed by atoms with Crippen LogP contribution in [0.2, 0.25) is 0 Å². The van der Waals surface area contributed by atoms with Crippen LogP contribution in [0.15, 0.2) is 0 Å². The van der Waals surface area contributed by atoms with Gasteiger partial charge in [-0.3, -0.25) is 4.90 Å². The first-order valence-corrected chi connectivity index (χ1v) is 8.23. The number of hydrogen-bond acceptors (Lipinski definition) is 3. The molecule has 2 aliphatic heterocycles. The summed E-state index contributed by atoms with van der Waals surface area (Å²) < 4.78 is 5.64. The molecule has 2 saturated heterocycles. The van der Waals surface area contributed by atoms with Crippen LogP contribution in [0.4, 0.5) is 0 Å². The Morgan fingerprint density at radius 3 is 2.47 bits per heavy atom. The Labute approximate surface area is 119 Å². The number of likely N-dealkylation sites (tertiary alicyclic amines) is 1. The summed E-state index contributed by atoms with van der Waals surface area (Å²) in [4.78, 5) is 2.65. The molecule has 19 heavy (non-hydrogen) atoms. The van der Waals surface area contributed by atoms with Gasteiger partial charge >= 0.3 is 0 Å². The molecule has 0 radical (unpaired) electrons. The van der Waals surface area contributed by atoms with Gasteiger partial charge < -0.3 is 10.1 Å². The number of nitrogens with one attached hydrogen (secondary N) is 1. The third kappa shape index (κ3) is 4.73. The molecule has 0 spiro atoms. The summed E-state index contributed by atoms with van der Waals surface area (Å²) >= 11 is 0. The standard InChI is InChI=1S/C16H32N2O/c1-13(2)15-6-8-18(9-7-15)14(3)11-17-12-16-5-4-10-19-16/h13-17H,4-12H2,1-3H3. The van der Waals surface area contributed by atoms with E-state index in [9.17, 15) is 0 Å². The molecule has 0 amide bonds. The van der Waals surface area contributed by atoms with Crippen molar-refractivity contribution < 1.29 is 4.74 Å². The zero-order valence-electron chi connectivity index (χ0n) is 13.0. The lowest BCUT2D eigenvalue weighted by Crippen LogP contribution is -2.46. The first-order chi connectivity index (χ1) is 9.16. The lowest BCUT2D eigenvalue weighted by molar-refractivity contribution is 0.0994. The third-order valence-electron chi connectivity index (χ3n) is 4.98. The van der Waals surface area contributed by atoms with Crippen LogP contribution < -0.4 is 5.32 Å². The number of hydrogen-bond donors (Lipinski definition) is 1. The smallest absolute Gasteiger partial charge is 0.0700 e. The van der Waals surface area contributed by atoms with E-state index in [0.29, 0.717) is 12.1 Å². The van der Waals surface area contributed by atoms with Gasteiger partial charge in [-0.15, -0.1) is 0 Å². The van der Waals surface area contributed by atoms with Gasteiger partial charge in [-0.2, -0.15) is 0 Å². The van der Waals surface area contributed by atoms with E-state index in [1.54, 1.807) is 0 Å². The highest BCUT2D eigenvalue weighted by atomic mass is 16.5. The third-order valence-corrected chi connectivity index (χ3v) is 4.98. The Kier molecular flexibility index (Phi) is 6.11. The molecule has 1 N–H and O–H groups in total. The van der Waals surface area contributed by atoms with Gasteiger partial charge in [0.1, 0.15) is 0 Å². The van der Waals surface area contributed by atoms with Crippen LogP contribution in [-0.2, 0) is 4.74 Å². The largest absolute Gasteiger partial charge is 0.377 e. The maximum Gasteiger partial charge on any atom is 0.0700 e. The Balaban J connectivity index is 1.59. The van der Waals surface area contributed by atoms with Crippen molar-refractivity contribution in [3.63, 3.8) is 0 Å². The molecule has 0 saturated carbocycles. The van der Waals surface area contributed by atoms with E-state index in [1.165, 1.54) is 38.8 Å². The highest BCUT2D eigenvalue weighted by Crippen LogP contribution is 2.25. The predicted octanol–water partition coefficient (Wildman–Crippen LogP) is 2.51. The molecule has 0 aromatic heterocycles. The zero-order chi connectivity index (χ0) is 13.7. The van der Waals surface area contributed by atoms with Crippen molar-refractivity contribution in [2.75, 3.05) is 32.8 Å². The molecule has 0 aliphatic carbocycles. The highest BCUT2D eigenvalue weighted by molar-refractivity contribution is 4.79. The van der Waals surface area contributed by atoms with E-state index < -0.39 is 0 Å². The second-order valence-electron chi connectivity index (χ2n) is 6.76. The van der Waals surface area contributed by atoms with E-state index in [0.717, 1.165) is 31.5 Å². The molecule has 2 heterocycles. The molecule has 0 aromatic rings.